The second-order valence-electron chi connectivity index (χ2n) is 11.0. The van der Waals surface area contributed by atoms with Crippen LogP contribution >= 0.6 is 11.8 Å². The summed E-state index contributed by atoms with van der Waals surface area (Å²) in [5.41, 5.74) is 0.438. The SMILES string of the molecule is Cc1noc(C)c1C(=O)N[C@@H](Cc1ccccc1)[C@H](O)C(=O)N1CSC(C)(C)[C@H]1C(O)NCc1ccccc1C(F)(F)F. The number of thioether (sulfide) groups is 1. The maximum absolute atomic E-state index is 13.8. The van der Waals surface area contributed by atoms with Crippen molar-refractivity contribution in [3.05, 3.63) is 88.3 Å². The lowest BCUT2D eigenvalue weighted by atomic mass is 9.96. The first-order chi connectivity index (χ1) is 20.2. The zero-order valence-corrected chi connectivity index (χ0v) is 25.0. The zero-order chi connectivity index (χ0) is 31.5. The molecule has 4 rings (SSSR count). The maximum atomic E-state index is 13.8. The van der Waals surface area contributed by atoms with Gasteiger partial charge in [0.05, 0.1) is 29.2 Å². The molecule has 13 heteroatoms. The molecule has 1 aliphatic rings. The molecule has 2 aromatic carbocycles. The lowest BCUT2D eigenvalue weighted by Gasteiger charge is -2.37. The Kier molecular flexibility index (Phi) is 9.90. The van der Waals surface area contributed by atoms with Crippen LogP contribution in [0.3, 0.4) is 0 Å². The van der Waals surface area contributed by atoms with E-state index in [2.05, 4.69) is 15.8 Å². The molecule has 1 aliphatic heterocycles. The molecule has 4 atom stereocenters. The number of aromatic nitrogens is 1. The molecular weight excluding hydrogens is 585 g/mol. The molecule has 2 heterocycles. The van der Waals surface area contributed by atoms with E-state index in [-0.39, 0.29) is 35.7 Å². The predicted molar refractivity (Wildman–Crippen MR) is 155 cm³/mol. The van der Waals surface area contributed by atoms with Crippen LogP contribution in [-0.2, 0) is 23.9 Å². The highest BCUT2D eigenvalue weighted by atomic mass is 32.2. The summed E-state index contributed by atoms with van der Waals surface area (Å²) in [7, 11) is 0. The normalized spacial score (nSPS) is 18.7. The minimum atomic E-state index is -4.57. The molecule has 2 amide bonds. The Balaban J connectivity index is 1.55. The van der Waals surface area contributed by atoms with Crippen molar-refractivity contribution < 1.29 is 37.5 Å². The number of nitrogens with zero attached hydrogens (tertiary/aromatic N) is 2. The third-order valence-corrected chi connectivity index (χ3v) is 8.93. The molecule has 3 aromatic rings. The van der Waals surface area contributed by atoms with Crippen LogP contribution in [0.4, 0.5) is 13.2 Å². The quantitative estimate of drug-likeness (QED) is 0.252. The van der Waals surface area contributed by atoms with Gasteiger partial charge in [-0.3, -0.25) is 14.9 Å². The molecule has 0 aliphatic carbocycles. The molecule has 1 aromatic heterocycles. The summed E-state index contributed by atoms with van der Waals surface area (Å²) in [6.07, 6.45) is -7.58. The first kappa shape index (κ1) is 32.5. The summed E-state index contributed by atoms with van der Waals surface area (Å²) in [6.45, 7) is 6.49. The zero-order valence-electron chi connectivity index (χ0n) is 24.2. The van der Waals surface area contributed by atoms with Gasteiger partial charge in [0.1, 0.15) is 17.6 Å². The number of halogens is 3. The summed E-state index contributed by atoms with van der Waals surface area (Å²) in [5.74, 6) is -0.906. The third-order valence-electron chi connectivity index (χ3n) is 7.54. The van der Waals surface area contributed by atoms with Gasteiger partial charge in [-0.1, -0.05) is 53.7 Å². The van der Waals surface area contributed by atoms with Crippen molar-refractivity contribution in [2.45, 2.75) is 76.0 Å². The van der Waals surface area contributed by atoms with E-state index in [9.17, 15) is 33.0 Å². The molecule has 1 fully saturated rings. The van der Waals surface area contributed by atoms with Gasteiger partial charge in [-0.2, -0.15) is 13.2 Å². The van der Waals surface area contributed by atoms with Crippen LogP contribution in [0.1, 0.15) is 52.3 Å². The van der Waals surface area contributed by atoms with Crippen LogP contribution in [0.5, 0.6) is 0 Å². The highest BCUT2D eigenvalue weighted by molar-refractivity contribution is 8.00. The van der Waals surface area contributed by atoms with E-state index in [1.807, 2.05) is 6.07 Å². The molecule has 0 radical (unpaired) electrons. The molecule has 0 bridgehead atoms. The number of hydrogen-bond acceptors (Lipinski definition) is 8. The van der Waals surface area contributed by atoms with Gasteiger partial charge in [0.15, 0.2) is 6.10 Å². The number of amides is 2. The molecule has 0 saturated carbocycles. The summed E-state index contributed by atoms with van der Waals surface area (Å²) >= 11 is 1.36. The van der Waals surface area contributed by atoms with Gasteiger partial charge in [0.2, 0.25) is 0 Å². The monoisotopic (exact) mass is 620 g/mol. The summed E-state index contributed by atoms with van der Waals surface area (Å²) < 4.78 is 44.9. The van der Waals surface area contributed by atoms with E-state index >= 15 is 0 Å². The number of carbonyl (C=O) groups excluding carboxylic acids is 2. The number of aliphatic hydroxyl groups is 2. The van der Waals surface area contributed by atoms with Crippen molar-refractivity contribution in [2.24, 2.45) is 0 Å². The van der Waals surface area contributed by atoms with E-state index in [4.69, 9.17) is 4.52 Å². The van der Waals surface area contributed by atoms with Crippen molar-refractivity contribution in [1.82, 2.24) is 20.7 Å². The van der Waals surface area contributed by atoms with Crippen molar-refractivity contribution in [2.75, 3.05) is 5.88 Å². The number of aliphatic hydroxyl groups excluding tert-OH is 2. The largest absolute Gasteiger partial charge is 0.416 e. The van der Waals surface area contributed by atoms with E-state index in [1.54, 1.807) is 52.0 Å². The molecule has 1 unspecified atom stereocenters. The molecular formula is C30H35F3N4O5S. The molecule has 0 spiro atoms. The Labute approximate surface area is 251 Å². The van der Waals surface area contributed by atoms with Crippen LogP contribution in [0.2, 0.25) is 0 Å². The Morgan fingerprint density at radius 2 is 1.77 bits per heavy atom. The van der Waals surface area contributed by atoms with Crippen LogP contribution < -0.4 is 10.6 Å². The van der Waals surface area contributed by atoms with Gasteiger partial charge in [0.25, 0.3) is 11.8 Å². The molecule has 232 valence electrons. The topological polar surface area (TPSA) is 128 Å². The Bertz CT molecular complexity index is 1410. The number of carbonyl (C=O) groups is 2. The fourth-order valence-electron chi connectivity index (χ4n) is 5.30. The number of aryl methyl sites for hydroxylation is 2. The van der Waals surface area contributed by atoms with E-state index in [0.29, 0.717) is 5.69 Å². The molecule has 1 saturated heterocycles. The first-order valence-corrected chi connectivity index (χ1v) is 14.7. The van der Waals surface area contributed by atoms with Gasteiger partial charge in [0, 0.05) is 11.3 Å². The minimum absolute atomic E-state index is 0.0552. The van der Waals surface area contributed by atoms with Gasteiger partial charge < -0.3 is 25.0 Å². The Morgan fingerprint density at radius 3 is 2.40 bits per heavy atom. The summed E-state index contributed by atoms with van der Waals surface area (Å²) in [4.78, 5) is 28.4. The number of rotatable bonds is 10. The second-order valence-corrected chi connectivity index (χ2v) is 12.6. The fraction of sp³-hybridized carbons (Fsp3) is 0.433. The lowest BCUT2D eigenvalue weighted by Crippen LogP contribution is -2.60. The third kappa shape index (κ3) is 7.40. The van der Waals surface area contributed by atoms with Crippen molar-refractivity contribution in [1.29, 1.82) is 0 Å². The summed E-state index contributed by atoms with van der Waals surface area (Å²) in [5, 5.41) is 31.9. The summed E-state index contributed by atoms with van der Waals surface area (Å²) in [6, 6.07) is 12.1. The van der Waals surface area contributed by atoms with Gasteiger partial charge >= 0.3 is 6.18 Å². The van der Waals surface area contributed by atoms with Crippen molar-refractivity contribution >= 4 is 23.6 Å². The fourth-order valence-corrected chi connectivity index (χ4v) is 6.49. The molecule has 43 heavy (non-hydrogen) atoms. The minimum Gasteiger partial charge on any atom is -0.381 e. The number of alkyl halides is 3. The highest BCUT2D eigenvalue weighted by Crippen LogP contribution is 2.41. The average Bonchev–Trinajstić information content (AvgIpc) is 3.47. The number of hydrogen-bond donors (Lipinski definition) is 4. The Morgan fingerprint density at radius 1 is 1.12 bits per heavy atom. The van der Waals surface area contributed by atoms with E-state index in [1.165, 1.54) is 34.9 Å². The first-order valence-electron chi connectivity index (χ1n) is 13.7. The van der Waals surface area contributed by atoms with Crippen LogP contribution in [-0.4, -0.2) is 67.1 Å². The molecule has 9 nitrogen and oxygen atoms in total. The van der Waals surface area contributed by atoms with E-state index < -0.39 is 52.7 Å². The van der Waals surface area contributed by atoms with Gasteiger partial charge in [-0.05, 0) is 51.3 Å². The van der Waals surface area contributed by atoms with Crippen LogP contribution in [0.25, 0.3) is 0 Å². The maximum Gasteiger partial charge on any atom is 0.416 e. The predicted octanol–water partition coefficient (Wildman–Crippen LogP) is 3.80. The molecule has 4 N–H and O–H groups in total. The average molecular weight is 621 g/mol. The van der Waals surface area contributed by atoms with Crippen molar-refractivity contribution in [3.63, 3.8) is 0 Å². The standard InChI is InChI=1S/C30H35F3N4O5S/c1-17-23(18(2)42-36-17)26(39)35-22(14-19-10-6-5-7-11-19)24(38)28(41)37-16-43-29(3,4)25(37)27(40)34-15-20-12-8-9-13-21(20)30(31,32)33/h5-13,22,24-25,27,34,38,40H,14-16H2,1-4H3,(H,35,39)/t22-,24-,25+,27?/m0/s1. The Hall–Kier alpha value is -3.39. The highest BCUT2D eigenvalue weighted by Gasteiger charge is 2.49. The van der Waals surface area contributed by atoms with Crippen LogP contribution in [0, 0.1) is 13.8 Å². The lowest BCUT2D eigenvalue weighted by molar-refractivity contribution is -0.145. The number of nitrogens with one attached hydrogen (secondary N) is 2. The van der Waals surface area contributed by atoms with Crippen LogP contribution in [0.15, 0.2) is 59.1 Å². The smallest absolute Gasteiger partial charge is 0.381 e. The van der Waals surface area contributed by atoms with Gasteiger partial charge in [-0.15, -0.1) is 11.8 Å². The van der Waals surface area contributed by atoms with Gasteiger partial charge in [-0.25, -0.2) is 0 Å². The van der Waals surface area contributed by atoms with E-state index in [0.717, 1.165) is 11.6 Å². The van der Waals surface area contributed by atoms with Crippen molar-refractivity contribution in [3.8, 4) is 0 Å². The number of benzene rings is 2. The second kappa shape index (κ2) is 13.1.